The Balaban J connectivity index is 2.58. The lowest BCUT2D eigenvalue weighted by molar-refractivity contribution is -0.144. The first-order chi connectivity index (χ1) is 7.13. The van der Waals surface area contributed by atoms with Gasteiger partial charge in [-0.25, -0.2) is 0 Å². The van der Waals surface area contributed by atoms with Crippen LogP contribution in [-0.2, 0) is 16.0 Å². The number of carbonyl (C=O) groups excluding carboxylic acids is 1. The number of ether oxygens (including phenoxy) is 1. The van der Waals surface area contributed by atoms with Crippen LogP contribution in [0.15, 0.2) is 24.3 Å². The van der Waals surface area contributed by atoms with E-state index in [1.165, 1.54) is 0 Å². The first-order valence-corrected chi connectivity index (χ1v) is 5.18. The van der Waals surface area contributed by atoms with E-state index in [4.69, 9.17) is 22.1 Å². The molecule has 0 spiro atoms. The molecule has 15 heavy (non-hydrogen) atoms. The standard InChI is InChI=1S/C11H14ClNO2/c1-2-15-11(14)10(13)7-8-4-3-5-9(12)6-8/h3-6,10H,2,7,13H2,1H3/t10-/m1/s1. The molecule has 0 saturated carbocycles. The zero-order valence-electron chi connectivity index (χ0n) is 8.57. The Morgan fingerprint density at radius 2 is 2.33 bits per heavy atom. The van der Waals surface area contributed by atoms with Crippen molar-refractivity contribution in [1.29, 1.82) is 0 Å². The smallest absolute Gasteiger partial charge is 0.323 e. The van der Waals surface area contributed by atoms with Crippen molar-refractivity contribution in [3.63, 3.8) is 0 Å². The van der Waals surface area contributed by atoms with E-state index in [-0.39, 0.29) is 5.97 Å². The van der Waals surface area contributed by atoms with E-state index >= 15 is 0 Å². The number of hydrogen-bond donors (Lipinski definition) is 1. The maximum atomic E-state index is 11.3. The van der Waals surface area contributed by atoms with Crippen molar-refractivity contribution in [1.82, 2.24) is 0 Å². The van der Waals surface area contributed by atoms with Gasteiger partial charge in [0, 0.05) is 5.02 Å². The molecule has 3 nitrogen and oxygen atoms in total. The number of hydrogen-bond acceptors (Lipinski definition) is 3. The van der Waals surface area contributed by atoms with Gasteiger partial charge in [0.1, 0.15) is 6.04 Å². The number of nitrogens with two attached hydrogens (primary N) is 1. The van der Waals surface area contributed by atoms with E-state index < -0.39 is 6.04 Å². The van der Waals surface area contributed by atoms with Crippen LogP contribution >= 0.6 is 11.6 Å². The molecule has 0 saturated heterocycles. The summed E-state index contributed by atoms with van der Waals surface area (Å²) in [6.07, 6.45) is 0.444. The summed E-state index contributed by atoms with van der Waals surface area (Å²) in [5.41, 5.74) is 6.60. The summed E-state index contributed by atoms with van der Waals surface area (Å²) in [7, 11) is 0. The van der Waals surface area contributed by atoms with Crippen molar-refractivity contribution in [2.45, 2.75) is 19.4 Å². The van der Waals surface area contributed by atoms with Crippen molar-refractivity contribution in [3.05, 3.63) is 34.9 Å². The molecule has 0 amide bonds. The maximum absolute atomic E-state index is 11.3. The molecule has 0 radical (unpaired) electrons. The normalized spacial score (nSPS) is 12.2. The summed E-state index contributed by atoms with van der Waals surface area (Å²) >= 11 is 5.81. The minimum Gasteiger partial charge on any atom is -0.465 e. The lowest BCUT2D eigenvalue weighted by Crippen LogP contribution is -2.34. The van der Waals surface area contributed by atoms with Crippen LogP contribution in [0.5, 0.6) is 0 Å². The molecule has 82 valence electrons. The van der Waals surface area contributed by atoms with Gasteiger partial charge in [-0.3, -0.25) is 4.79 Å². The summed E-state index contributed by atoms with van der Waals surface area (Å²) in [6.45, 7) is 2.10. The molecule has 1 aromatic carbocycles. The average molecular weight is 228 g/mol. The number of rotatable bonds is 4. The van der Waals surface area contributed by atoms with Gasteiger partial charge in [-0.2, -0.15) is 0 Å². The van der Waals surface area contributed by atoms with Gasteiger partial charge in [-0.15, -0.1) is 0 Å². The molecule has 0 fully saturated rings. The fourth-order valence-corrected chi connectivity index (χ4v) is 1.46. The van der Waals surface area contributed by atoms with Gasteiger partial charge in [0.05, 0.1) is 6.61 Å². The highest BCUT2D eigenvalue weighted by atomic mass is 35.5. The Morgan fingerprint density at radius 3 is 2.93 bits per heavy atom. The van der Waals surface area contributed by atoms with Gasteiger partial charge in [-0.1, -0.05) is 23.7 Å². The minimum absolute atomic E-state index is 0.349. The highest BCUT2D eigenvalue weighted by molar-refractivity contribution is 6.30. The van der Waals surface area contributed by atoms with Crippen LogP contribution in [0.3, 0.4) is 0 Å². The number of esters is 1. The zero-order valence-corrected chi connectivity index (χ0v) is 9.33. The summed E-state index contributed by atoms with van der Waals surface area (Å²) in [6, 6.07) is 6.66. The van der Waals surface area contributed by atoms with Crippen molar-refractivity contribution >= 4 is 17.6 Å². The topological polar surface area (TPSA) is 52.3 Å². The van der Waals surface area contributed by atoms with Crippen molar-refractivity contribution in [2.75, 3.05) is 6.61 Å². The Morgan fingerprint density at radius 1 is 1.60 bits per heavy atom. The second-order valence-corrected chi connectivity index (χ2v) is 3.63. The van der Waals surface area contributed by atoms with Gasteiger partial charge in [0.25, 0.3) is 0 Å². The molecule has 2 N–H and O–H groups in total. The van der Waals surface area contributed by atoms with E-state index in [0.717, 1.165) is 5.56 Å². The van der Waals surface area contributed by atoms with E-state index in [9.17, 15) is 4.79 Å². The maximum Gasteiger partial charge on any atom is 0.323 e. The van der Waals surface area contributed by atoms with Crippen molar-refractivity contribution in [3.8, 4) is 0 Å². The Bertz CT molecular complexity index is 341. The monoisotopic (exact) mass is 227 g/mol. The molecule has 1 atom stereocenters. The minimum atomic E-state index is -0.622. The first-order valence-electron chi connectivity index (χ1n) is 4.80. The van der Waals surface area contributed by atoms with Gasteiger partial charge in [-0.05, 0) is 31.0 Å². The van der Waals surface area contributed by atoms with Crippen LogP contribution in [-0.4, -0.2) is 18.6 Å². The molecule has 0 aliphatic carbocycles. The summed E-state index contributed by atoms with van der Waals surface area (Å²) in [4.78, 5) is 11.3. The Labute approximate surface area is 94.2 Å². The van der Waals surface area contributed by atoms with Crippen LogP contribution in [0, 0.1) is 0 Å². The van der Waals surface area contributed by atoms with Gasteiger partial charge in [0.15, 0.2) is 0 Å². The fraction of sp³-hybridized carbons (Fsp3) is 0.364. The molecule has 0 unspecified atom stereocenters. The van der Waals surface area contributed by atoms with E-state index in [0.29, 0.717) is 18.1 Å². The molecule has 0 bridgehead atoms. The SMILES string of the molecule is CCOC(=O)[C@H](N)Cc1cccc(Cl)c1. The molecule has 4 heteroatoms. The van der Waals surface area contributed by atoms with Crippen LogP contribution in [0.1, 0.15) is 12.5 Å². The van der Waals surface area contributed by atoms with Gasteiger partial charge >= 0.3 is 5.97 Å². The summed E-state index contributed by atoms with van der Waals surface area (Å²) < 4.78 is 4.81. The molecule has 0 aromatic heterocycles. The van der Waals surface area contributed by atoms with E-state index in [1.54, 1.807) is 19.1 Å². The second kappa shape index (κ2) is 5.73. The largest absolute Gasteiger partial charge is 0.465 e. The Hall–Kier alpha value is -1.06. The third kappa shape index (κ3) is 3.90. The molecule has 0 heterocycles. The first kappa shape index (κ1) is 12.0. The number of carbonyl (C=O) groups is 1. The highest BCUT2D eigenvalue weighted by Gasteiger charge is 2.14. The van der Waals surface area contributed by atoms with Crippen LogP contribution < -0.4 is 5.73 Å². The number of halogens is 1. The summed E-state index contributed by atoms with van der Waals surface area (Å²) in [5.74, 6) is -0.377. The highest BCUT2D eigenvalue weighted by Crippen LogP contribution is 2.12. The predicted molar refractivity (Wildman–Crippen MR) is 59.8 cm³/mol. The molecule has 0 aliphatic rings. The lowest BCUT2D eigenvalue weighted by atomic mass is 10.1. The molecular weight excluding hydrogens is 214 g/mol. The third-order valence-corrected chi connectivity index (χ3v) is 2.17. The van der Waals surface area contributed by atoms with Crippen LogP contribution in [0.25, 0.3) is 0 Å². The molecular formula is C11H14ClNO2. The molecule has 1 aromatic rings. The molecule has 1 rings (SSSR count). The lowest BCUT2D eigenvalue weighted by Gasteiger charge is -2.10. The zero-order chi connectivity index (χ0) is 11.3. The molecule has 0 aliphatic heterocycles. The predicted octanol–water partition coefficient (Wildman–Crippen LogP) is 1.77. The van der Waals surface area contributed by atoms with Crippen LogP contribution in [0.2, 0.25) is 5.02 Å². The van der Waals surface area contributed by atoms with E-state index in [2.05, 4.69) is 0 Å². The van der Waals surface area contributed by atoms with Crippen molar-refractivity contribution in [2.24, 2.45) is 5.73 Å². The second-order valence-electron chi connectivity index (χ2n) is 3.19. The van der Waals surface area contributed by atoms with Crippen LogP contribution in [0.4, 0.5) is 0 Å². The Kier molecular flexibility index (Phi) is 4.59. The van der Waals surface area contributed by atoms with Gasteiger partial charge in [0.2, 0.25) is 0 Å². The fourth-order valence-electron chi connectivity index (χ4n) is 1.25. The summed E-state index contributed by atoms with van der Waals surface area (Å²) in [5, 5.41) is 0.642. The van der Waals surface area contributed by atoms with Gasteiger partial charge < -0.3 is 10.5 Å². The average Bonchev–Trinajstić information content (AvgIpc) is 2.18. The third-order valence-electron chi connectivity index (χ3n) is 1.93. The van der Waals surface area contributed by atoms with E-state index in [1.807, 2.05) is 12.1 Å². The number of benzene rings is 1. The van der Waals surface area contributed by atoms with Crippen molar-refractivity contribution < 1.29 is 9.53 Å². The quantitative estimate of drug-likeness (QED) is 0.798.